The van der Waals surface area contributed by atoms with Crippen LogP contribution < -0.4 is 11.3 Å². The number of benzene rings is 1. The predicted octanol–water partition coefficient (Wildman–Crippen LogP) is 2.11. The van der Waals surface area contributed by atoms with Crippen molar-refractivity contribution in [2.24, 2.45) is 5.84 Å². The van der Waals surface area contributed by atoms with Gasteiger partial charge in [0.05, 0.1) is 0 Å². The quantitative estimate of drug-likeness (QED) is 0.606. The third-order valence-electron chi connectivity index (χ3n) is 1.68. The summed E-state index contributed by atoms with van der Waals surface area (Å²) in [6.45, 7) is 1.79. The summed E-state index contributed by atoms with van der Waals surface area (Å²) in [5.41, 5.74) is 3.05. The Labute approximate surface area is 79.1 Å². The molecule has 1 atom stereocenters. The second-order valence-corrected chi connectivity index (χ2v) is 3.38. The molecule has 1 rings (SSSR count). The van der Waals surface area contributed by atoms with E-state index in [1.165, 1.54) is 6.07 Å². The minimum Gasteiger partial charge on any atom is -0.271 e. The Bertz CT molecular complexity index is 258. The molecule has 0 heterocycles. The monoisotopic (exact) mass is 232 g/mol. The molecule has 0 bridgehead atoms. The Hall–Kier alpha value is -0.450. The second-order valence-electron chi connectivity index (χ2n) is 2.52. The van der Waals surface area contributed by atoms with Gasteiger partial charge in [0.1, 0.15) is 5.82 Å². The van der Waals surface area contributed by atoms with Gasteiger partial charge in [0.15, 0.2) is 0 Å². The molecule has 0 aliphatic rings. The van der Waals surface area contributed by atoms with Gasteiger partial charge in [0.2, 0.25) is 0 Å². The molecule has 1 unspecified atom stereocenters. The first-order valence-corrected chi connectivity index (χ1v) is 4.36. The predicted molar refractivity (Wildman–Crippen MR) is 49.8 cm³/mol. The summed E-state index contributed by atoms with van der Waals surface area (Å²) >= 11 is 3.25. The van der Waals surface area contributed by atoms with E-state index in [4.69, 9.17) is 5.84 Å². The maximum atomic E-state index is 13.2. The van der Waals surface area contributed by atoms with E-state index in [0.29, 0.717) is 5.56 Å². The molecule has 66 valence electrons. The molecule has 1 aromatic carbocycles. The van der Waals surface area contributed by atoms with Crippen molar-refractivity contribution in [1.82, 2.24) is 5.43 Å². The van der Waals surface area contributed by atoms with Crippen molar-refractivity contribution in [1.29, 1.82) is 0 Å². The minimum atomic E-state index is -0.255. The second kappa shape index (κ2) is 3.98. The summed E-state index contributed by atoms with van der Waals surface area (Å²) in [6.07, 6.45) is 0. The number of halogens is 2. The molecule has 2 nitrogen and oxygen atoms in total. The van der Waals surface area contributed by atoms with Gasteiger partial charge < -0.3 is 0 Å². The number of nitrogens with two attached hydrogens (primary N) is 1. The van der Waals surface area contributed by atoms with E-state index in [1.807, 2.05) is 0 Å². The lowest BCUT2D eigenvalue weighted by molar-refractivity contribution is 0.539. The Morgan fingerprint density at radius 3 is 2.75 bits per heavy atom. The van der Waals surface area contributed by atoms with Crippen molar-refractivity contribution >= 4 is 15.9 Å². The number of nitrogens with one attached hydrogen (secondary N) is 1. The Morgan fingerprint density at radius 1 is 1.58 bits per heavy atom. The number of hydrazine groups is 1. The Kier molecular flexibility index (Phi) is 3.20. The van der Waals surface area contributed by atoms with Crippen LogP contribution in [-0.4, -0.2) is 0 Å². The van der Waals surface area contributed by atoms with Crippen LogP contribution in [0.3, 0.4) is 0 Å². The Balaban J connectivity index is 3.12. The molecule has 0 aliphatic carbocycles. The molecule has 0 saturated carbocycles. The minimum absolute atomic E-state index is 0.194. The third-order valence-corrected chi connectivity index (χ3v) is 2.37. The van der Waals surface area contributed by atoms with Gasteiger partial charge in [-0.05, 0) is 19.1 Å². The fourth-order valence-electron chi connectivity index (χ4n) is 1.01. The molecule has 0 saturated heterocycles. The molecule has 0 radical (unpaired) electrons. The number of rotatable bonds is 2. The lowest BCUT2D eigenvalue weighted by atomic mass is 10.1. The van der Waals surface area contributed by atoms with Crippen LogP contribution in [0.15, 0.2) is 22.7 Å². The molecule has 0 spiro atoms. The summed E-state index contributed by atoms with van der Waals surface area (Å²) in [5.74, 6) is 4.95. The van der Waals surface area contributed by atoms with Crippen molar-refractivity contribution in [3.05, 3.63) is 34.1 Å². The maximum Gasteiger partial charge on any atom is 0.129 e. The van der Waals surface area contributed by atoms with Crippen LogP contribution in [0.1, 0.15) is 18.5 Å². The van der Waals surface area contributed by atoms with Gasteiger partial charge in [-0.25, -0.2) is 4.39 Å². The molecule has 0 aliphatic heterocycles. The van der Waals surface area contributed by atoms with Crippen LogP contribution in [0.25, 0.3) is 0 Å². The third kappa shape index (κ3) is 1.83. The highest BCUT2D eigenvalue weighted by molar-refractivity contribution is 9.10. The molecule has 4 heteroatoms. The first kappa shape index (κ1) is 9.64. The smallest absolute Gasteiger partial charge is 0.129 e. The molecule has 0 fully saturated rings. The average Bonchev–Trinajstić information content (AvgIpc) is 2.03. The number of hydrogen-bond donors (Lipinski definition) is 2. The van der Waals surface area contributed by atoms with Crippen molar-refractivity contribution < 1.29 is 4.39 Å². The van der Waals surface area contributed by atoms with Gasteiger partial charge in [-0.15, -0.1) is 0 Å². The van der Waals surface area contributed by atoms with Gasteiger partial charge in [-0.2, -0.15) is 0 Å². The molecular formula is C8H10BrFN2. The zero-order valence-corrected chi connectivity index (χ0v) is 8.23. The van der Waals surface area contributed by atoms with E-state index in [-0.39, 0.29) is 11.9 Å². The van der Waals surface area contributed by atoms with Crippen LogP contribution in [0.2, 0.25) is 0 Å². The van der Waals surface area contributed by atoms with Crippen LogP contribution in [0, 0.1) is 5.82 Å². The summed E-state index contributed by atoms with van der Waals surface area (Å²) < 4.78 is 13.9. The van der Waals surface area contributed by atoms with Crippen LogP contribution in [-0.2, 0) is 0 Å². The highest BCUT2D eigenvalue weighted by Gasteiger charge is 2.11. The molecular weight excluding hydrogens is 223 g/mol. The van der Waals surface area contributed by atoms with E-state index in [0.717, 1.165) is 4.47 Å². The zero-order valence-electron chi connectivity index (χ0n) is 6.64. The topological polar surface area (TPSA) is 38.0 Å². The van der Waals surface area contributed by atoms with E-state index in [9.17, 15) is 4.39 Å². The summed E-state index contributed by atoms with van der Waals surface area (Å²) in [7, 11) is 0. The zero-order chi connectivity index (χ0) is 9.14. The summed E-state index contributed by atoms with van der Waals surface area (Å²) in [5, 5.41) is 0. The first-order chi connectivity index (χ1) is 5.66. The lowest BCUT2D eigenvalue weighted by Gasteiger charge is -2.12. The lowest BCUT2D eigenvalue weighted by Crippen LogP contribution is -2.26. The van der Waals surface area contributed by atoms with E-state index in [1.54, 1.807) is 19.1 Å². The highest BCUT2D eigenvalue weighted by Crippen LogP contribution is 2.25. The van der Waals surface area contributed by atoms with Gasteiger partial charge in [0.25, 0.3) is 0 Å². The van der Waals surface area contributed by atoms with Gasteiger partial charge >= 0.3 is 0 Å². The largest absolute Gasteiger partial charge is 0.271 e. The fourth-order valence-corrected chi connectivity index (χ4v) is 1.69. The van der Waals surface area contributed by atoms with E-state index < -0.39 is 0 Å². The SMILES string of the molecule is CC(NN)c1c(F)cccc1Br. The molecule has 1 aromatic rings. The molecule has 0 aromatic heterocycles. The summed E-state index contributed by atoms with van der Waals surface area (Å²) in [6, 6.07) is 4.65. The number of hydrogen-bond acceptors (Lipinski definition) is 2. The summed E-state index contributed by atoms with van der Waals surface area (Å²) in [4.78, 5) is 0. The normalized spacial score (nSPS) is 13.0. The molecule has 12 heavy (non-hydrogen) atoms. The van der Waals surface area contributed by atoms with Gasteiger partial charge in [-0.3, -0.25) is 11.3 Å². The van der Waals surface area contributed by atoms with Gasteiger partial charge in [0, 0.05) is 16.1 Å². The van der Waals surface area contributed by atoms with Crippen LogP contribution >= 0.6 is 15.9 Å². The van der Waals surface area contributed by atoms with E-state index in [2.05, 4.69) is 21.4 Å². The first-order valence-electron chi connectivity index (χ1n) is 3.57. The average molecular weight is 233 g/mol. The highest BCUT2D eigenvalue weighted by atomic mass is 79.9. The van der Waals surface area contributed by atoms with Crippen molar-refractivity contribution in [2.75, 3.05) is 0 Å². The van der Waals surface area contributed by atoms with E-state index >= 15 is 0 Å². The molecule has 0 amide bonds. The molecule has 3 N–H and O–H groups in total. The van der Waals surface area contributed by atoms with Gasteiger partial charge in [-0.1, -0.05) is 22.0 Å². The standard InChI is InChI=1S/C8H10BrFN2/c1-5(12-11)8-6(9)3-2-4-7(8)10/h2-5,12H,11H2,1H3. The van der Waals surface area contributed by atoms with Crippen molar-refractivity contribution in [3.8, 4) is 0 Å². The fraction of sp³-hybridized carbons (Fsp3) is 0.250. The maximum absolute atomic E-state index is 13.2. The van der Waals surface area contributed by atoms with Crippen LogP contribution in [0.4, 0.5) is 4.39 Å². The van der Waals surface area contributed by atoms with Crippen LogP contribution in [0.5, 0.6) is 0 Å². The van der Waals surface area contributed by atoms with Crippen molar-refractivity contribution in [2.45, 2.75) is 13.0 Å². The van der Waals surface area contributed by atoms with Crippen molar-refractivity contribution in [3.63, 3.8) is 0 Å². The Morgan fingerprint density at radius 2 is 2.25 bits per heavy atom.